The van der Waals surface area contributed by atoms with E-state index in [1.54, 1.807) is 0 Å². The van der Waals surface area contributed by atoms with Gasteiger partial charge in [0.1, 0.15) is 0 Å². The van der Waals surface area contributed by atoms with Crippen LogP contribution < -0.4 is 35.3 Å². The molecule has 0 aliphatic carbocycles. The van der Waals surface area contributed by atoms with E-state index in [-0.39, 0.29) is 36.1 Å². The van der Waals surface area contributed by atoms with Crippen LogP contribution in [0, 0.1) is 6.92 Å². The predicted molar refractivity (Wildman–Crippen MR) is 87.7 cm³/mol. The number of unbranched alkanes of at least 4 members (excludes halogenated alkanes) is 12. The molecule has 3 nitrogen and oxygen atoms in total. The number of hydrogen-bond donors (Lipinski definition) is 2. The second kappa shape index (κ2) is 25.4. The van der Waals surface area contributed by atoms with Crippen LogP contribution in [0.25, 0.3) is 0 Å². The number of carboxylic acid groups (broad SMARTS) is 1. The molecule has 0 saturated heterocycles. The van der Waals surface area contributed by atoms with E-state index >= 15 is 0 Å². The fourth-order valence-electron chi connectivity index (χ4n) is 2.02. The minimum Gasteiger partial charge on any atom is -0.480 e. The molecule has 0 bridgehead atoms. The van der Waals surface area contributed by atoms with E-state index in [1.165, 1.54) is 77.0 Å². The normalized spacial score (nSPS) is 9.48. The van der Waals surface area contributed by atoms with Gasteiger partial charge in [0.2, 0.25) is 0 Å². The molecule has 0 fully saturated rings. The standard InChI is InChI=1S/C15H31.C2H5NO2.Na/c1-3-5-7-9-11-13-15-14-12-10-8-6-4-2;3-1-2(4)5;/h1,3-15H2,2H3;1,3H2,(H,4,5);/q-1;;+1. The van der Waals surface area contributed by atoms with Crippen molar-refractivity contribution in [2.45, 2.75) is 90.4 Å². The van der Waals surface area contributed by atoms with Gasteiger partial charge in [0.05, 0.1) is 6.54 Å². The number of aliphatic carboxylic acids is 1. The third-order valence-electron chi connectivity index (χ3n) is 3.28. The molecule has 0 heterocycles. The Morgan fingerprint density at radius 1 is 0.857 bits per heavy atom. The zero-order valence-corrected chi connectivity index (χ0v) is 16.5. The van der Waals surface area contributed by atoms with Gasteiger partial charge in [-0.1, -0.05) is 84.0 Å². The Bertz CT molecular complexity index is 178. The third kappa shape index (κ3) is 33.3. The second-order valence-electron chi connectivity index (χ2n) is 5.34. The first-order chi connectivity index (χ1) is 9.68. The van der Waals surface area contributed by atoms with Crippen LogP contribution in [0.1, 0.15) is 90.4 Å². The molecular formula is C17H36NNaO2. The number of hydrogen-bond acceptors (Lipinski definition) is 2. The molecule has 0 aromatic carbocycles. The molecule has 0 radical (unpaired) electrons. The van der Waals surface area contributed by atoms with Crippen molar-refractivity contribution in [2.24, 2.45) is 5.73 Å². The molecule has 0 amide bonds. The van der Waals surface area contributed by atoms with Gasteiger partial charge in [0.15, 0.2) is 0 Å². The fraction of sp³-hybridized carbons (Fsp3) is 0.882. The number of rotatable bonds is 13. The molecule has 21 heavy (non-hydrogen) atoms. The number of carboxylic acids is 1. The largest absolute Gasteiger partial charge is 1.00 e. The van der Waals surface area contributed by atoms with Gasteiger partial charge in [-0.05, 0) is 0 Å². The second-order valence-corrected chi connectivity index (χ2v) is 5.34. The van der Waals surface area contributed by atoms with E-state index in [9.17, 15) is 4.79 Å². The predicted octanol–water partition coefficient (Wildman–Crippen LogP) is 1.95. The van der Waals surface area contributed by atoms with Gasteiger partial charge in [-0.2, -0.15) is 6.42 Å². The van der Waals surface area contributed by atoms with Crippen molar-refractivity contribution in [3.05, 3.63) is 6.92 Å². The first-order valence-corrected chi connectivity index (χ1v) is 8.40. The summed E-state index contributed by atoms with van der Waals surface area (Å²) in [6.07, 6.45) is 18.3. The van der Waals surface area contributed by atoms with Gasteiger partial charge >= 0.3 is 35.5 Å². The Morgan fingerprint density at radius 3 is 1.38 bits per heavy atom. The summed E-state index contributed by atoms with van der Waals surface area (Å²) < 4.78 is 0. The van der Waals surface area contributed by atoms with Crippen molar-refractivity contribution in [3.8, 4) is 0 Å². The summed E-state index contributed by atoms with van der Waals surface area (Å²) in [5.41, 5.74) is 4.57. The van der Waals surface area contributed by atoms with Crippen LogP contribution in [-0.4, -0.2) is 17.6 Å². The summed E-state index contributed by atoms with van der Waals surface area (Å²) >= 11 is 0. The van der Waals surface area contributed by atoms with Gasteiger partial charge < -0.3 is 17.8 Å². The van der Waals surface area contributed by atoms with Gasteiger partial charge in [-0.15, -0.1) is 0 Å². The van der Waals surface area contributed by atoms with Crippen molar-refractivity contribution >= 4 is 5.97 Å². The first-order valence-electron chi connectivity index (χ1n) is 8.40. The Labute approximate surface area is 154 Å². The topological polar surface area (TPSA) is 63.3 Å². The molecule has 0 aliphatic rings. The maximum absolute atomic E-state index is 9.24. The third-order valence-corrected chi connectivity index (χ3v) is 3.28. The Morgan fingerprint density at radius 2 is 1.14 bits per heavy atom. The minimum absolute atomic E-state index is 0. The molecule has 4 heteroatoms. The Kier molecular flexibility index (Phi) is 31.8. The Hall–Kier alpha value is 0.430. The van der Waals surface area contributed by atoms with Gasteiger partial charge in [-0.3, -0.25) is 4.79 Å². The van der Waals surface area contributed by atoms with E-state index < -0.39 is 5.97 Å². The summed E-state index contributed by atoms with van der Waals surface area (Å²) in [5, 5.41) is 7.60. The van der Waals surface area contributed by atoms with Crippen LogP contribution >= 0.6 is 0 Å². The van der Waals surface area contributed by atoms with Crippen LogP contribution in [0.15, 0.2) is 0 Å². The van der Waals surface area contributed by atoms with Crippen LogP contribution in [0.3, 0.4) is 0 Å². The fourth-order valence-corrected chi connectivity index (χ4v) is 2.02. The SMILES string of the molecule is NCC(=O)O.[CH2-]CCCCCCCCCCCCCC.[Na+]. The van der Waals surface area contributed by atoms with Crippen molar-refractivity contribution in [2.75, 3.05) is 6.54 Å². The molecule has 0 aromatic heterocycles. The first kappa shape index (κ1) is 26.3. The van der Waals surface area contributed by atoms with Gasteiger partial charge in [-0.25, -0.2) is 0 Å². The van der Waals surface area contributed by atoms with Crippen LogP contribution in [0.2, 0.25) is 0 Å². The van der Waals surface area contributed by atoms with Crippen molar-refractivity contribution in [3.63, 3.8) is 0 Å². The molecule has 0 rings (SSSR count). The molecule has 0 spiro atoms. The molecule has 122 valence electrons. The molecule has 0 saturated carbocycles. The van der Waals surface area contributed by atoms with Gasteiger partial charge in [0, 0.05) is 0 Å². The summed E-state index contributed by atoms with van der Waals surface area (Å²) in [6.45, 7) is 5.87. The van der Waals surface area contributed by atoms with Crippen molar-refractivity contribution < 1.29 is 39.5 Å². The van der Waals surface area contributed by atoms with Crippen molar-refractivity contribution in [1.82, 2.24) is 0 Å². The zero-order valence-electron chi connectivity index (χ0n) is 14.5. The smallest absolute Gasteiger partial charge is 0.480 e. The number of carbonyl (C=O) groups is 1. The summed E-state index contributed by atoms with van der Waals surface area (Å²) in [7, 11) is 0. The number of nitrogens with two attached hydrogens (primary N) is 1. The van der Waals surface area contributed by atoms with Crippen LogP contribution in [0.5, 0.6) is 0 Å². The van der Waals surface area contributed by atoms with Crippen molar-refractivity contribution in [1.29, 1.82) is 0 Å². The van der Waals surface area contributed by atoms with Crippen LogP contribution in [0.4, 0.5) is 0 Å². The van der Waals surface area contributed by atoms with E-state index in [4.69, 9.17) is 5.11 Å². The maximum Gasteiger partial charge on any atom is 1.00 e. The monoisotopic (exact) mass is 309 g/mol. The molecule has 0 unspecified atom stereocenters. The molecule has 3 N–H and O–H groups in total. The Balaban J connectivity index is -0.000000465. The average Bonchev–Trinajstić information content (AvgIpc) is 2.45. The minimum atomic E-state index is -0.968. The van der Waals surface area contributed by atoms with E-state index in [2.05, 4.69) is 19.6 Å². The quantitative estimate of drug-likeness (QED) is 0.310. The zero-order chi connectivity index (χ0) is 15.5. The maximum atomic E-state index is 9.24. The van der Waals surface area contributed by atoms with E-state index in [0.717, 1.165) is 6.42 Å². The molecule has 0 aromatic rings. The molecular weight excluding hydrogens is 273 g/mol. The molecule has 0 aliphatic heterocycles. The average molecular weight is 309 g/mol. The summed E-state index contributed by atoms with van der Waals surface area (Å²) in [4.78, 5) is 9.24. The van der Waals surface area contributed by atoms with Gasteiger partial charge in [0.25, 0.3) is 0 Å². The van der Waals surface area contributed by atoms with E-state index in [0.29, 0.717) is 0 Å². The summed E-state index contributed by atoms with van der Waals surface area (Å²) in [6, 6.07) is 0. The van der Waals surface area contributed by atoms with Crippen LogP contribution in [-0.2, 0) is 4.79 Å². The summed E-state index contributed by atoms with van der Waals surface area (Å²) in [5.74, 6) is -0.968. The van der Waals surface area contributed by atoms with E-state index in [1.807, 2.05) is 0 Å². The molecule has 0 atom stereocenters.